The molecule has 0 bridgehead atoms. The smallest absolute Gasteiger partial charge is 0.0631 e. The molecule has 0 aliphatic rings. The standard InChI is InChI=1S/C11H19BrN2/c1-7(2)14-10(5)11(8(3)6-12)9(4)13-14/h7-8H,6H2,1-5H3. The van der Waals surface area contributed by atoms with Crippen LogP contribution >= 0.6 is 15.9 Å². The van der Waals surface area contributed by atoms with E-state index in [9.17, 15) is 0 Å². The summed E-state index contributed by atoms with van der Waals surface area (Å²) in [5, 5.41) is 5.57. The van der Waals surface area contributed by atoms with Gasteiger partial charge in [-0.05, 0) is 39.2 Å². The summed E-state index contributed by atoms with van der Waals surface area (Å²) < 4.78 is 2.11. The number of halogens is 1. The van der Waals surface area contributed by atoms with Crippen molar-refractivity contribution in [3.8, 4) is 0 Å². The summed E-state index contributed by atoms with van der Waals surface area (Å²) in [7, 11) is 0. The highest BCUT2D eigenvalue weighted by atomic mass is 79.9. The molecule has 0 spiro atoms. The molecule has 1 heterocycles. The lowest BCUT2D eigenvalue weighted by molar-refractivity contribution is 0.515. The minimum absolute atomic E-state index is 0.449. The van der Waals surface area contributed by atoms with Gasteiger partial charge in [0.2, 0.25) is 0 Å². The molecule has 1 aromatic heterocycles. The van der Waals surface area contributed by atoms with Crippen molar-refractivity contribution in [1.29, 1.82) is 0 Å². The molecule has 3 heteroatoms. The summed E-state index contributed by atoms with van der Waals surface area (Å²) in [4.78, 5) is 0. The molecule has 0 saturated heterocycles. The minimum atomic E-state index is 0.449. The number of aromatic nitrogens is 2. The summed E-state index contributed by atoms with van der Waals surface area (Å²) in [5.74, 6) is 0.544. The van der Waals surface area contributed by atoms with Crippen LogP contribution in [0.4, 0.5) is 0 Å². The van der Waals surface area contributed by atoms with Gasteiger partial charge in [-0.3, -0.25) is 4.68 Å². The van der Waals surface area contributed by atoms with Crippen LogP contribution in [0.1, 0.15) is 49.7 Å². The molecule has 0 saturated carbocycles. The fraction of sp³-hybridized carbons (Fsp3) is 0.727. The zero-order valence-corrected chi connectivity index (χ0v) is 11.2. The van der Waals surface area contributed by atoms with E-state index in [1.54, 1.807) is 0 Å². The van der Waals surface area contributed by atoms with Gasteiger partial charge in [0, 0.05) is 17.1 Å². The average molecular weight is 259 g/mol. The van der Waals surface area contributed by atoms with E-state index in [2.05, 4.69) is 60.3 Å². The van der Waals surface area contributed by atoms with Gasteiger partial charge < -0.3 is 0 Å². The lowest BCUT2D eigenvalue weighted by atomic mass is 10.0. The summed E-state index contributed by atoms with van der Waals surface area (Å²) in [6, 6.07) is 0.449. The average Bonchev–Trinajstić information content (AvgIpc) is 2.41. The Morgan fingerprint density at radius 2 is 1.86 bits per heavy atom. The maximum Gasteiger partial charge on any atom is 0.0631 e. The van der Waals surface area contributed by atoms with Crippen molar-refractivity contribution in [3.05, 3.63) is 17.0 Å². The number of hydrogen-bond acceptors (Lipinski definition) is 1. The molecule has 1 atom stereocenters. The van der Waals surface area contributed by atoms with Crippen LogP contribution in [0, 0.1) is 13.8 Å². The van der Waals surface area contributed by atoms with E-state index in [0.29, 0.717) is 12.0 Å². The van der Waals surface area contributed by atoms with Crippen molar-refractivity contribution in [2.75, 3.05) is 5.33 Å². The normalized spacial score (nSPS) is 13.6. The van der Waals surface area contributed by atoms with Crippen LogP contribution in [0.25, 0.3) is 0 Å². The third-order valence-corrected chi connectivity index (χ3v) is 3.57. The highest BCUT2D eigenvalue weighted by Crippen LogP contribution is 2.26. The molecule has 80 valence electrons. The lowest BCUT2D eigenvalue weighted by Crippen LogP contribution is -2.06. The summed E-state index contributed by atoms with van der Waals surface area (Å²) in [5.41, 5.74) is 3.88. The molecule has 0 aliphatic carbocycles. The first-order valence-corrected chi connectivity index (χ1v) is 6.22. The quantitative estimate of drug-likeness (QED) is 0.758. The molecule has 0 aliphatic heterocycles. The fourth-order valence-corrected chi connectivity index (χ4v) is 2.29. The third kappa shape index (κ3) is 2.02. The lowest BCUT2D eigenvalue weighted by Gasteiger charge is -2.11. The van der Waals surface area contributed by atoms with Crippen LogP contribution in [0.15, 0.2) is 0 Å². The van der Waals surface area contributed by atoms with Gasteiger partial charge in [-0.15, -0.1) is 0 Å². The van der Waals surface area contributed by atoms with Gasteiger partial charge >= 0.3 is 0 Å². The van der Waals surface area contributed by atoms with E-state index in [1.807, 2.05) is 0 Å². The molecule has 0 fully saturated rings. The second-order valence-corrected chi connectivity index (χ2v) is 4.83. The van der Waals surface area contributed by atoms with Gasteiger partial charge in [-0.25, -0.2) is 0 Å². The minimum Gasteiger partial charge on any atom is -0.267 e. The van der Waals surface area contributed by atoms with Crippen molar-refractivity contribution < 1.29 is 0 Å². The Morgan fingerprint density at radius 3 is 2.21 bits per heavy atom. The molecule has 1 aromatic rings. The van der Waals surface area contributed by atoms with E-state index in [-0.39, 0.29) is 0 Å². The van der Waals surface area contributed by atoms with Crippen LogP contribution in [-0.4, -0.2) is 15.1 Å². The van der Waals surface area contributed by atoms with Crippen molar-refractivity contribution in [2.24, 2.45) is 0 Å². The molecular weight excluding hydrogens is 240 g/mol. The van der Waals surface area contributed by atoms with Gasteiger partial charge in [0.25, 0.3) is 0 Å². The number of aryl methyl sites for hydroxylation is 1. The van der Waals surface area contributed by atoms with E-state index in [4.69, 9.17) is 0 Å². The Hall–Kier alpha value is -0.310. The van der Waals surface area contributed by atoms with Crippen LogP contribution in [0.3, 0.4) is 0 Å². The second-order valence-electron chi connectivity index (χ2n) is 4.18. The van der Waals surface area contributed by atoms with Crippen molar-refractivity contribution >= 4 is 15.9 Å². The van der Waals surface area contributed by atoms with Gasteiger partial charge in [-0.2, -0.15) is 5.10 Å². The molecule has 2 nitrogen and oxygen atoms in total. The number of nitrogens with zero attached hydrogens (tertiary/aromatic N) is 2. The predicted octanol–water partition coefficient (Wildman–Crippen LogP) is 3.58. The zero-order valence-electron chi connectivity index (χ0n) is 9.63. The Labute approximate surface area is 94.8 Å². The number of hydrogen-bond donors (Lipinski definition) is 0. The highest BCUT2D eigenvalue weighted by molar-refractivity contribution is 9.09. The van der Waals surface area contributed by atoms with Crippen LogP contribution in [-0.2, 0) is 0 Å². The Balaban J connectivity index is 3.17. The van der Waals surface area contributed by atoms with E-state index < -0.39 is 0 Å². The first-order chi connectivity index (χ1) is 6.49. The first kappa shape index (κ1) is 11.8. The summed E-state index contributed by atoms with van der Waals surface area (Å²) in [6.07, 6.45) is 0. The van der Waals surface area contributed by atoms with Gasteiger partial charge in [0.1, 0.15) is 0 Å². The Kier molecular flexibility index (Phi) is 3.76. The van der Waals surface area contributed by atoms with Gasteiger partial charge in [0.15, 0.2) is 0 Å². The van der Waals surface area contributed by atoms with Crippen LogP contribution in [0.5, 0.6) is 0 Å². The SMILES string of the molecule is Cc1nn(C(C)C)c(C)c1C(C)CBr. The van der Waals surface area contributed by atoms with Crippen LogP contribution in [0.2, 0.25) is 0 Å². The largest absolute Gasteiger partial charge is 0.267 e. The molecule has 0 aromatic carbocycles. The van der Waals surface area contributed by atoms with Crippen molar-refractivity contribution in [2.45, 2.75) is 46.6 Å². The number of rotatable bonds is 3. The summed E-state index contributed by atoms with van der Waals surface area (Å²) in [6.45, 7) is 10.8. The Bertz CT molecular complexity index is 315. The maximum atomic E-state index is 4.57. The third-order valence-electron chi connectivity index (χ3n) is 2.59. The molecule has 0 N–H and O–H groups in total. The highest BCUT2D eigenvalue weighted by Gasteiger charge is 2.17. The maximum absolute atomic E-state index is 4.57. The molecule has 14 heavy (non-hydrogen) atoms. The van der Waals surface area contributed by atoms with Crippen LogP contribution < -0.4 is 0 Å². The van der Waals surface area contributed by atoms with E-state index in [0.717, 1.165) is 5.33 Å². The second kappa shape index (κ2) is 4.47. The van der Waals surface area contributed by atoms with Gasteiger partial charge in [0.05, 0.1) is 5.69 Å². The topological polar surface area (TPSA) is 17.8 Å². The van der Waals surface area contributed by atoms with Crippen molar-refractivity contribution in [1.82, 2.24) is 9.78 Å². The van der Waals surface area contributed by atoms with Gasteiger partial charge in [-0.1, -0.05) is 22.9 Å². The molecule has 0 radical (unpaired) electrons. The molecular formula is C11H19BrN2. The van der Waals surface area contributed by atoms with E-state index in [1.165, 1.54) is 17.0 Å². The van der Waals surface area contributed by atoms with Crippen molar-refractivity contribution in [3.63, 3.8) is 0 Å². The summed E-state index contributed by atoms with van der Waals surface area (Å²) >= 11 is 3.53. The zero-order chi connectivity index (χ0) is 10.9. The number of alkyl halides is 1. The monoisotopic (exact) mass is 258 g/mol. The fourth-order valence-electron chi connectivity index (χ4n) is 1.97. The molecule has 1 unspecified atom stereocenters. The van der Waals surface area contributed by atoms with E-state index >= 15 is 0 Å². The Morgan fingerprint density at radius 1 is 1.29 bits per heavy atom. The predicted molar refractivity (Wildman–Crippen MR) is 64.3 cm³/mol. The first-order valence-electron chi connectivity index (χ1n) is 5.10. The molecule has 0 amide bonds. The molecule has 1 rings (SSSR count).